The zero-order valence-electron chi connectivity index (χ0n) is 17.8. The molecule has 5 rings (SSSR count). The second kappa shape index (κ2) is 8.43. The molecule has 164 valence electrons. The molecule has 31 heavy (non-hydrogen) atoms. The maximum atomic E-state index is 12.6. The summed E-state index contributed by atoms with van der Waals surface area (Å²) in [6, 6.07) is 4.82. The molecule has 4 N–H and O–H groups in total. The molecule has 0 spiro atoms. The van der Waals surface area contributed by atoms with Crippen molar-refractivity contribution in [2.24, 2.45) is 0 Å². The Morgan fingerprint density at radius 3 is 2.81 bits per heavy atom. The van der Waals surface area contributed by atoms with Gasteiger partial charge >= 0.3 is 0 Å². The number of fused-ring (bicyclic) bond motifs is 3. The minimum Gasteiger partial charge on any atom is -0.351 e. The van der Waals surface area contributed by atoms with E-state index in [1.807, 2.05) is 31.5 Å². The Morgan fingerprint density at radius 1 is 1.29 bits per heavy atom. The fourth-order valence-corrected chi connectivity index (χ4v) is 5.71. The van der Waals surface area contributed by atoms with Gasteiger partial charge in [0, 0.05) is 29.9 Å². The fraction of sp³-hybridized carbons (Fsp3) is 0.524. The van der Waals surface area contributed by atoms with Gasteiger partial charge in [0.2, 0.25) is 11.9 Å². The highest BCUT2D eigenvalue weighted by Crippen LogP contribution is 2.36. The minimum atomic E-state index is 0.215. The second-order valence-corrected chi connectivity index (χ2v) is 9.37. The molecule has 2 fully saturated rings. The van der Waals surface area contributed by atoms with Crippen molar-refractivity contribution < 1.29 is 4.79 Å². The van der Waals surface area contributed by atoms with Crippen LogP contribution in [0, 0.1) is 6.92 Å². The van der Waals surface area contributed by atoms with Gasteiger partial charge in [0.25, 0.3) is 0 Å². The number of rotatable bonds is 6. The maximum Gasteiger partial charge on any atom is 0.237 e. The lowest BCUT2D eigenvalue weighted by Gasteiger charge is -2.49. The van der Waals surface area contributed by atoms with E-state index >= 15 is 0 Å². The highest BCUT2D eigenvalue weighted by molar-refractivity contribution is 7.16. The first-order valence-electron chi connectivity index (χ1n) is 10.9. The molecule has 1 unspecified atom stereocenters. The van der Waals surface area contributed by atoms with Gasteiger partial charge in [0.15, 0.2) is 5.82 Å². The molecule has 2 aliphatic rings. The van der Waals surface area contributed by atoms with Gasteiger partial charge < -0.3 is 20.9 Å². The summed E-state index contributed by atoms with van der Waals surface area (Å²) in [5.74, 6) is 2.33. The van der Waals surface area contributed by atoms with Gasteiger partial charge in [-0.2, -0.15) is 10.1 Å². The van der Waals surface area contributed by atoms with Crippen LogP contribution in [0.1, 0.15) is 37.8 Å². The predicted molar refractivity (Wildman–Crippen MR) is 123 cm³/mol. The number of nitrogens with zero attached hydrogens (tertiary/aromatic N) is 4. The number of aryl methyl sites for hydroxylation is 1. The molecule has 0 aliphatic carbocycles. The average molecular weight is 441 g/mol. The van der Waals surface area contributed by atoms with Gasteiger partial charge in [-0.05, 0) is 57.5 Å². The van der Waals surface area contributed by atoms with E-state index < -0.39 is 0 Å². The SMILES string of the molecule is CNCC(=O)N1[C@@H]2CCC[C@H]1CC(Nc1nc(Nc3cc(C)[nH]n3)c3ccsc3n1)C2. The second-order valence-electron chi connectivity index (χ2n) is 8.48. The summed E-state index contributed by atoms with van der Waals surface area (Å²) in [5.41, 5.74) is 0.989. The number of hydrogen-bond donors (Lipinski definition) is 4. The summed E-state index contributed by atoms with van der Waals surface area (Å²) < 4.78 is 0. The van der Waals surface area contributed by atoms with Crippen molar-refractivity contribution >= 4 is 45.0 Å². The van der Waals surface area contributed by atoms with E-state index in [9.17, 15) is 4.79 Å². The van der Waals surface area contributed by atoms with E-state index in [0.717, 1.165) is 53.2 Å². The van der Waals surface area contributed by atoms with Crippen LogP contribution < -0.4 is 16.0 Å². The van der Waals surface area contributed by atoms with Crippen LogP contribution in [0.4, 0.5) is 17.6 Å². The quantitative estimate of drug-likeness (QED) is 0.466. The third kappa shape index (κ3) is 4.09. The first-order chi connectivity index (χ1) is 15.1. The summed E-state index contributed by atoms with van der Waals surface area (Å²) in [7, 11) is 1.83. The molecule has 0 aromatic carbocycles. The number of piperidine rings is 2. The van der Waals surface area contributed by atoms with Crippen molar-refractivity contribution in [2.45, 2.75) is 57.2 Å². The first kappa shape index (κ1) is 20.2. The number of anilines is 3. The van der Waals surface area contributed by atoms with Gasteiger partial charge in [0.05, 0.1) is 11.9 Å². The highest BCUT2D eigenvalue weighted by Gasteiger charge is 2.40. The molecule has 2 saturated heterocycles. The average Bonchev–Trinajstić information content (AvgIpc) is 3.36. The molecule has 0 radical (unpaired) electrons. The Morgan fingerprint density at radius 2 is 2.10 bits per heavy atom. The lowest BCUT2D eigenvalue weighted by atomic mass is 9.81. The van der Waals surface area contributed by atoms with Gasteiger partial charge in [0.1, 0.15) is 10.6 Å². The van der Waals surface area contributed by atoms with Crippen LogP contribution in [0.15, 0.2) is 17.5 Å². The molecule has 2 aliphatic heterocycles. The normalized spacial score (nSPS) is 23.2. The molecular formula is C21H28N8OS. The Hall–Kier alpha value is -2.72. The molecule has 3 aromatic heterocycles. The van der Waals surface area contributed by atoms with E-state index in [-0.39, 0.29) is 11.9 Å². The Bertz CT molecular complexity index is 1060. The van der Waals surface area contributed by atoms with Crippen LogP contribution in [0.5, 0.6) is 0 Å². The smallest absolute Gasteiger partial charge is 0.237 e. The maximum absolute atomic E-state index is 12.6. The lowest BCUT2D eigenvalue weighted by molar-refractivity contribution is -0.139. The van der Waals surface area contributed by atoms with E-state index in [0.29, 0.717) is 24.6 Å². The zero-order chi connectivity index (χ0) is 21.4. The number of H-pyrrole nitrogens is 1. The number of amides is 1. The van der Waals surface area contributed by atoms with Gasteiger partial charge in [-0.15, -0.1) is 11.3 Å². The van der Waals surface area contributed by atoms with Crippen molar-refractivity contribution in [3.05, 3.63) is 23.2 Å². The summed E-state index contributed by atoms with van der Waals surface area (Å²) in [4.78, 5) is 25.2. The summed E-state index contributed by atoms with van der Waals surface area (Å²) in [5, 5.41) is 20.1. The topological polar surface area (TPSA) is 111 Å². The number of aromatic nitrogens is 4. The molecule has 2 bridgehead atoms. The fourth-order valence-electron chi connectivity index (χ4n) is 4.95. The van der Waals surface area contributed by atoms with Gasteiger partial charge in [-0.1, -0.05) is 0 Å². The van der Waals surface area contributed by atoms with Crippen LogP contribution in [0.2, 0.25) is 0 Å². The third-order valence-electron chi connectivity index (χ3n) is 6.20. The van der Waals surface area contributed by atoms with Crippen molar-refractivity contribution in [3.8, 4) is 0 Å². The molecule has 3 aromatic rings. The molecular weight excluding hydrogens is 412 g/mol. The standard InChI is InChI=1S/C21H28N8OS/c1-12-8-17(28-27-12)24-19-16-6-7-31-20(16)26-21(25-19)23-13-9-14-4-3-5-15(10-13)29(14)18(30)11-22-2/h6-8,13-15,22H,3-5,9-11H2,1-2H3,(H3,23,24,25,26,27,28)/t13?,14-,15+. The number of thiophene rings is 1. The Kier molecular flexibility index (Phi) is 5.49. The number of carbonyl (C=O) groups is 1. The lowest BCUT2D eigenvalue weighted by Crippen LogP contribution is -2.58. The molecule has 0 saturated carbocycles. The van der Waals surface area contributed by atoms with Crippen molar-refractivity contribution in [2.75, 3.05) is 24.2 Å². The molecule has 3 atom stereocenters. The Balaban J connectivity index is 1.35. The number of likely N-dealkylation sites (N-methyl/N-ethyl adjacent to an activating group) is 1. The predicted octanol–water partition coefficient (Wildman–Crippen LogP) is 3.01. The number of aromatic amines is 1. The molecule has 1 amide bonds. The van der Waals surface area contributed by atoms with Crippen molar-refractivity contribution in [1.29, 1.82) is 0 Å². The van der Waals surface area contributed by atoms with Gasteiger partial charge in [-0.25, -0.2) is 4.98 Å². The van der Waals surface area contributed by atoms with Gasteiger partial charge in [-0.3, -0.25) is 9.89 Å². The number of carbonyl (C=O) groups excluding carboxylic acids is 1. The highest BCUT2D eigenvalue weighted by atomic mass is 32.1. The van der Waals surface area contributed by atoms with E-state index in [1.54, 1.807) is 11.3 Å². The molecule has 5 heterocycles. The number of nitrogens with one attached hydrogen (secondary N) is 4. The van der Waals surface area contributed by atoms with Crippen LogP contribution in [0.3, 0.4) is 0 Å². The summed E-state index contributed by atoms with van der Waals surface area (Å²) >= 11 is 1.60. The summed E-state index contributed by atoms with van der Waals surface area (Å²) in [6.45, 7) is 2.38. The third-order valence-corrected chi connectivity index (χ3v) is 7.01. The van der Waals surface area contributed by atoms with E-state index in [4.69, 9.17) is 9.97 Å². The Labute approximate surface area is 185 Å². The van der Waals surface area contributed by atoms with Crippen LogP contribution >= 0.6 is 11.3 Å². The van der Waals surface area contributed by atoms with E-state index in [2.05, 4.69) is 31.0 Å². The van der Waals surface area contributed by atoms with Crippen LogP contribution in [0.25, 0.3) is 10.2 Å². The largest absolute Gasteiger partial charge is 0.351 e. The summed E-state index contributed by atoms with van der Waals surface area (Å²) in [6.07, 6.45) is 5.19. The van der Waals surface area contributed by atoms with Crippen LogP contribution in [-0.2, 0) is 4.79 Å². The first-order valence-corrected chi connectivity index (χ1v) is 11.7. The molecule has 10 heteroatoms. The van der Waals surface area contributed by atoms with Crippen LogP contribution in [-0.4, -0.2) is 62.7 Å². The van der Waals surface area contributed by atoms with Crippen molar-refractivity contribution in [3.63, 3.8) is 0 Å². The monoisotopic (exact) mass is 440 g/mol. The molecule has 9 nitrogen and oxygen atoms in total. The number of hydrogen-bond acceptors (Lipinski definition) is 8. The zero-order valence-corrected chi connectivity index (χ0v) is 18.6. The van der Waals surface area contributed by atoms with Crippen molar-refractivity contribution in [1.82, 2.24) is 30.4 Å². The minimum absolute atomic E-state index is 0.215. The van der Waals surface area contributed by atoms with E-state index in [1.165, 1.54) is 6.42 Å².